The first-order valence-corrected chi connectivity index (χ1v) is 6.43. The Kier molecular flexibility index (Phi) is 3.78. The zero-order valence-corrected chi connectivity index (χ0v) is 11.7. The number of nitrogen functional groups attached to an aromatic ring is 1. The highest BCUT2D eigenvalue weighted by molar-refractivity contribution is 5.96. The lowest BCUT2D eigenvalue weighted by Crippen LogP contribution is -2.50. The molecule has 5 heteroatoms. The van der Waals surface area contributed by atoms with E-state index in [0.717, 1.165) is 16.8 Å². The van der Waals surface area contributed by atoms with Crippen LogP contribution in [-0.4, -0.2) is 36.1 Å². The van der Waals surface area contributed by atoms with Gasteiger partial charge in [0.25, 0.3) is 5.91 Å². The molecule has 1 heterocycles. The number of ether oxygens (including phenoxy) is 1. The number of amides is 1. The topological polar surface area (TPSA) is 67.6 Å². The summed E-state index contributed by atoms with van der Waals surface area (Å²) >= 11 is 0. The molecule has 3 N–H and O–H groups in total. The molecule has 19 heavy (non-hydrogen) atoms. The summed E-state index contributed by atoms with van der Waals surface area (Å²) in [5, 5.41) is 0. The van der Waals surface area contributed by atoms with Crippen molar-refractivity contribution in [2.24, 2.45) is 5.84 Å². The van der Waals surface area contributed by atoms with Crippen LogP contribution < -0.4 is 11.3 Å². The van der Waals surface area contributed by atoms with Crippen LogP contribution in [0.4, 0.5) is 5.69 Å². The molecule has 0 unspecified atom stereocenters. The normalized spacial score (nSPS) is 18.2. The van der Waals surface area contributed by atoms with Crippen molar-refractivity contribution >= 4 is 11.6 Å². The second-order valence-electron chi connectivity index (χ2n) is 5.51. The van der Waals surface area contributed by atoms with Gasteiger partial charge in [-0.25, -0.2) is 0 Å². The summed E-state index contributed by atoms with van der Waals surface area (Å²) in [7, 11) is 0. The van der Waals surface area contributed by atoms with Gasteiger partial charge in [-0.05, 0) is 44.5 Å². The fourth-order valence-electron chi connectivity index (χ4n) is 2.35. The average molecular weight is 263 g/mol. The van der Waals surface area contributed by atoms with Crippen LogP contribution >= 0.6 is 0 Å². The first-order chi connectivity index (χ1) is 8.93. The molecule has 0 radical (unpaired) electrons. The molecule has 1 aliphatic rings. The Balaban J connectivity index is 2.20. The number of anilines is 1. The van der Waals surface area contributed by atoms with Gasteiger partial charge in [0.2, 0.25) is 0 Å². The summed E-state index contributed by atoms with van der Waals surface area (Å²) in [6.45, 7) is 7.75. The van der Waals surface area contributed by atoms with E-state index in [1.54, 1.807) is 0 Å². The number of nitrogens with two attached hydrogens (primary N) is 1. The molecule has 0 bridgehead atoms. The highest BCUT2D eigenvalue weighted by atomic mass is 16.5. The maximum atomic E-state index is 12.5. The molecule has 0 atom stereocenters. The Morgan fingerprint density at radius 2 is 2.21 bits per heavy atom. The van der Waals surface area contributed by atoms with Crippen LogP contribution in [0.1, 0.15) is 29.8 Å². The van der Waals surface area contributed by atoms with Crippen LogP contribution in [0, 0.1) is 6.92 Å². The monoisotopic (exact) mass is 263 g/mol. The molecule has 2 rings (SSSR count). The summed E-state index contributed by atoms with van der Waals surface area (Å²) in [5.74, 6) is 5.41. The van der Waals surface area contributed by atoms with Crippen molar-refractivity contribution in [2.75, 3.05) is 25.1 Å². The number of hydrogen-bond acceptors (Lipinski definition) is 4. The van der Waals surface area contributed by atoms with Gasteiger partial charge in [0.05, 0.1) is 12.2 Å². The summed E-state index contributed by atoms with van der Waals surface area (Å²) in [5.41, 5.74) is 4.75. The number of aryl methyl sites for hydroxylation is 1. The van der Waals surface area contributed by atoms with Crippen LogP contribution in [-0.2, 0) is 4.74 Å². The van der Waals surface area contributed by atoms with Crippen molar-refractivity contribution in [3.05, 3.63) is 29.3 Å². The lowest BCUT2D eigenvalue weighted by molar-refractivity contribution is -0.0764. The number of carbonyl (C=O) groups is 1. The van der Waals surface area contributed by atoms with Crippen molar-refractivity contribution in [1.82, 2.24) is 4.90 Å². The summed E-state index contributed by atoms with van der Waals surface area (Å²) in [6.07, 6.45) is 0. The number of benzene rings is 1. The third-order valence-corrected chi connectivity index (χ3v) is 3.34. The van der Waals surface area contributed by atoms with Gasteiger partial charge in [-0.2, -0.15) is 0 Å². The van der Waals surface area contributed by atoms with Crippen molar-refractivity contribution < 1.29 is 9.53 Å². The second-order valence-corrected chi connectivity index (χ2v) is 5.51. The maximum Gasteiger partial charge on any atom is 0.254 e. The lowest BCUT2D eigenvalue weighted by Gasteiger charge is -2.38. The SMILES string of the molecule is Cc1cc(NN)ccc1C(=O)N1CCOC(C)(C)C1. The maximum absolute atomic E-state index is 12.5. The molecular weight excluding hydrogens is 242 g/mol. The van der Waals surface area contributed by atoms with Gasteiger partial charge in [-0.1, -0.05) is 0 Å². The van der Waals surface area contributed by atoms with E-state index in [-0.39, 0.29) is 11.5 Å². The van der Waals surface area contributed by atoms with Crippen LogP contribution in [0.3, 0.4) is 0 Å². The standard InChI is InChI=1S/C14H21N3O2/c1-10-8-11(16-15)4-5-12(10)13(18)17-6-7-19-14(2,3)9-17/h4-5,8,16H,6-7,9,15H2,1-3H3. The summed E-state index contributed by atoms with van der Waals surface area (Å²) in [4.78, 5) is 14.4. The fraction of sp³-hybridized carbons (Fsp3) is 0.500. The number of nitrogens with one attached hydrogen (secondary N) is 1. The highest BCUT2D eigenvalue weighted by Crippen LogP contribution is 2.21. The molecule has 1 saturated heterocycles. The van der Waals surface area contributed by atoms with Crippen LogP contribution in [0.2, 0.25) is 0 Å². The van der Waals surface area contributed by atoms with Crippen molar-refractivity contribution in [1.29, 1.82) is 0 Å². The van der Waals surface area contributed by atoms with E-state index >= 15 is 0 Å². The number of nitrogens with zero attached hydrogens (tertiary/aromatic N) is 1. The Morgan fingerprint density at radius 3 is 2.79 bits per heavy atom. The van der Waals surface area contributed by atoms with Gasteiger partial charge in [-0.3, -0.25) is 10.6 Å². The van der Waals surface area contributed by atoms with E-state index in [9.17, 15) is 4.79 Å². The van der Waals surface area contributed by atoms with Gasteiger partial charge in [0.15, 0.2) is 0 Å². The first-order valence-electron chi connectivity index (χ1n) is 6.43. The third-order valence-electron chi connectivity index (χ3n) is 3.34. The molecule has 0 spiro atoms. The first kappa shape index (κ1) is 13.8. The molecule has 1 amide bonds. The second kappa shape index (κ2) is 5.19. The molecule has 0 aliphatic carbocycles. The predicted molar refractivity (Wildman–Crippen MR) is 74.9 cm³/mol. The van der Waals surface area contributed by atoms with Crippen molar-refractivity contribution in [3.8, 4) is 0 Å². The van der Waals surface area contributed by atoms with E-state index in [2.05, 4.69) is 5.43 Å². The van der Waals surface area contributed by atoms with Crippen LogP contribution in [0.25, 0.3) is 0 Å². The smallest absolute Gasteiger partial charge is 0.254 e. The average Bonchev–Trinajstić information content (AvgIpc) is 2.36. The molecule has 1 aromatic rings. The number of hydrazine groups is 1. The number of hydrogen-bond donors (Lipinski definition) is 2. The predicted octanol–water partition coefficient (Wildman–Crippen LogP) is 1.53. The van der Waals surface area contributed by atoms with E-state index in [0.29, 0.717) is 19.7 Å². The summed E-state index contributed by atoms with van der Waals surface area (Å²) < 4.78 is 5.63. The highest BCUT2D eigenvalue weighted by Gasteiger charge is 2.30. The van der Waals surface area contributed by atoms with Gasteiger partial charge in [-0.15, -0.1) is 0 Å². The Hall–Kier alpha value is -1.59. The number of morpholine rings is 1. The van der Waals surface area contributed by atoms with E-state index in [4.69, 9.17) is 10.6 Å². The number of rotatable bonds is 2. The lowest BCUT2D eigenvalue weighted by atomic mass is 10.0. The van der Waals surface area contributed by atoms with E-state index in [1.165, 1.54) is 0 Å². The minimum Gasteiger partial charge on any atom is -0.372 e. The molecule has 1 aromatic carbocycles. The largest absolute Gasteiger partial charge is 0.372 e. The Bertz CT molecular complexity index is 486. The van der Waals surface area contributed by atoms with Crippen molar-refractivity contribution in [3.63, 3.8) is 0 Å². The van der Waals surface area contributed by atoms with E-state index < -0.39 is 0 Å². The Morgan fingerprint density at radius 1 is 1.47 bits per heavy atom. The molecule has 5 nitrogen and oxygen atoms in total. The third kappa shape index (κ3) is 3.05. The molecule has 0 saturated carbocycles. The Labute approximate surface area is 113 Å². The van der Waals surface area contributed by atoms with E-state index in [1.807, 2.05) is 43.9 Å². The van der Waals surface area contributed by atoms with Crippen molar-refractivity contribution in [2.45, 2.75) is 26.4 Å². The molecule has 104 valence electrons. The minimum atomic E-state index is -0.277. The fourth-order valence-corrected chi connectivity index (χ4v) is 2.35. The van der Waals surface area contributed by atoms with Crippen LogP contribution in [0.5, 0.6) is 0 Å². The van der Waals surface area contributed by atoms with Gasteiger partial charge >= 0.3 is 0 Å². The molecular formula is C14H21N3O2. The summed E-state index contributed by atoms with van der Waals surface area (Å²) in [6, 6.07) is 5.50. The van der Waals surface area contributed by atoms with Gasteiger partial charge < -0.3 is 15.1 Å². The molecule has 0 aromatic heterocycles. The number of carbonyl (C=O) groups excluding carboxylic acids is 1. The zero-order valence-electron chi connectivity index (χ0n) is 11.7. The quantitative estimate of drug-likeness (QED) is 0.627. The van der Waals surface area contributed by atoms with Gasteiger partial charge in [0.1, 0.15) is 0 Å². The molecule has 1 fully saturated rings. The molecule has 1 aliphatic heterocycles. The van der Waals surface area contributed by atoms with Gasteiger partial charge in [0, 0.05) is 24.3 Å². The van der Waals surface area contributed by atoms with Crippen LogP contribution in [0.15, 0.2) is 18.2 Å². The zero-order chi connectivity index (χ0) is 14.0. The minimum absolute atomic E-state index is 0.0532.